The fraction of sp³-hybridized carbons (Fsp3) is 0.812. The van der Waals surface area contributed by atoms with Crippen molar-refractivity contribution in [3.05, 3.63) is 17.5 Å². The molecule has 3 fully saturated rings. The van der Waals surface area contributed by atoms with Gasteiger partial charge in [0.1, 0.15) is 0 Å². The van der Waals surface area contributed by atoms with E-state index in [0.29, 0.717) is 12.0 Å². The van der Waals surface area contributed by atoms with Crippen LogP contribution in [0.15, 0.2) is 4.52 Å². The highest BCUT2D eigenvalue weighted by atomic mass is 16.5. The largest absolute Gasteiger partial charge is 0.338 e. The Morgan fingerprint density at radius 2 is 1.92 bits per heavy atom. The van der Waals surface area contributed by atoms with Gasteiger partial charge in [0.25, 0.3) is 0 Å². The molecule has 0 N–H and O–H groups in total. The molecule has 9 heteroatoms. The van der Waals surface area contributed by atoms with E-state index >= 15 is 0 Å². The van der Waals surface area contributed by atoms with E-state index in [2.05, 4.69) is 42.4 Å². The van der Waals surface area contributed by atoms with Crippen LogP contribution in [0.3, 0.4) is 0 Å². The van der Waals surface area contributed by atoms with Crippen molar-refractivity contribution in [3.63, 3.8) is 0 Å². The standard InChI is InChI=1S/C16H24N8O/c1-11(16-17-15(19-25-16)12-2-3-12)23-8-6-22(7-9-23)10-14-18-20-21-24(14)13-4-5-13/h11-13H,2-10H2,1H3. The van der Waals surface area contributed by atoms with Crippen LogP contribution in [0.1, 0.15) is 68.1 Å². The van der Waals surface area contributed by atoms with Crippen LogP contribution in [0.25, 0.3) is 0 Å². The van der Waals surface area contributed by atoms with E-state index in [9.17, 15) is 0 Å². The first kappa shape index (κ1) is 15.4. The molecule has 2 aromatic heterocycles. The molecule has 25 heavy (non-hydrogen) atoms. The summed E-state index contributed by atoms with van der Waals surface area (Å²) in [6.07, 6.45) is 4.81. The maximum absolute atomic E-state index is 5.50. The number of aromatic nitrogens is 6. The van der Waals surface area contributed by atoms with Crippen molar-refractivity contribution in [1.82, 2.24) is 40.1 Å². The monoisotopic (exact) mass is 344 g/mol. The Balaban J connectivity index is 1.17. The molecule has 0 amide bonds. The van der Waals surface area contributed by atoms with E-state index in [-0.39, 0.29) is 6.04 Å². The van der Waals surface area contributed by atoms with Crippen molar-refractivity contribution in [2.24, 2.45) is 0 Å². The van der Waals surface area contributed by atoms with Gasteiger partial charge < -0.3 is 4.52 Å². The van der Waals surface area contributed by atoms with Crippen LogP contribution in [-0.2, 0) is 6.54 Å². The van der Waals surface area contributed by atoms with Crippen molar-refractivity contribution in [2.75, 3.05) is 26.2 Å². The predicted molar refractivity (Wildman–Crippen MR) is 87.6 cm³/mol. The number of hydrogen-bond donors (Lipinski definition) is 0. The van der Waals surface area contributed by atoms with Gasteiger partial charge in [0.2, 0.25) is 5.89 Å². The highest BCUT2D eigenvalue weighted by Crippen LogP contribution is 2.38. The lowest BCUT2D eigenvalue weighted by atomic mass is 10.2. The summed E-state index contributed by atoms with van der Waals surface area (Å²) in [5, 5.41) is 16.3. The average molecular weight is 344 g/mol. The Hall–Kier alpha value is -1.87. The van der Waals surface area contributed by atoms with Crippen LogP contribution in [-0.4, -0.2) is 66.3 Å². The molecule has 0 bridgehead atoms. The van der Waals surface area contributed by atoms with Gasteiger partial charge in [0.05, 0.1) is 18.6 Å². The summed E-state index contributed by atoms with van der Waals surface area (Å²) in [5.74, 6) is 3.19. The summed E-state index contributed by atoms with van der Waals surface area (Å²) < 4.78 is 7.50. The van der Waals surface area contributed by atoms with E-state index in [0.717, 1.165) is 50.3 Å². The van der Waals surface area contributed by atoms with Crippen LogP contribution in [0.5, 0.6) is 0 Å². The molecule has 134 valence electrons. The molecular formula is C16H24N8O. The Labute approximate surface area is 146 Å². The number of nitrogens with zero attached hydrogens (tertiary/aromatic N) is 8. The third-order valence-electron chi connectivity index (χ3n) is 5.53. The second kappa shape index (κ2) is 6.14. The molecule has 1 unspecified atom stereocenters. The first-order valence-corrected chi connectivity index (χ1v) is 9.34. The van der Waals surface area contributed by atoms with Gasteiger partial charge in [-0.15, -0.1) is 5.10 Å². The molecule has 0 radical (unpaired) electrons. The molecule has 1 aliphatic heterocycles. The normalized spacial score (nSPS) is 23.9. The molecule has 0 spiro atoms. The lowest BCUT2D eigenvalue weighted by Gasteiger charge is -2.36. The molecule has 3 aliphatic rings. The quantitative estimate of drug-likeness (QED) is 0.771. The van der Waals surface area contributed by atoms with Gasteiger partial charge in [-0.1, -0.05) is 5.16 Å². The van der Waals surface area contributed by atoms with Crippen LogP contribution in [0.2, 0.25) is 0 Å². The zero-order chi connectivity index (χ0) is 16.8. The van der Waals surface area contributed by atoms with Gasteiger partial charge in [-0.05, 0) is 43.0 Å². The summed E-state index contributed by atoms with van der Waals surface area (Å²) in [7, 11) is 0. The van der Waals surface area contributed by atoms with Gasteiger partial charge in [0, 0.05) is 32.1 Å². The molecule has 1 atom stereocenters. The second-order valence-corrected chi connectivity index (χ2v) is 7.52. The minimum atomic E-state index is 0.180. The van der Waals surface area contributed by atoms with Gasteiger partial charge in [-0.2, -0.15) is 4.98 Å². The fourth-order valence-corrected chi connectivity index (χ4v) is 3.51. The number of tetrazole rings is 1. The van der Waals surface area contributed by atoms with E-state index in [4.69, 9.17) is 4.52 Å². The Bertz CT molecular complexity index is 726. The number of hydrogen-bond acceptors (Lipinski definition) is 8. The second-order valence-electron chi connectivity index (χ2n) is 7.52. The molecule has 2 saturated carbocycles. The van der Waals surface area contributed by atoms with Crippen LogP contribution >= 0.6 is 0 Å². The Kier molecular flexibility index (Phi) is 3.78. The predicted octanol–water partition coefficient (Wildman–Crippen LogP) is 1.15. The zero-order valence-electron chi connectivity index (χ0n) is 14.6. The minimum Gasteiger partial charge on any atom is -0.338 e. The maximum Gasteiger partial charge on any atom is 0.243 e. The van der Waals surface area contributed by atoms with Crippen LogP contribution < -0.4 is 0 Å². The summed E-state index contributed by atoms with van der Waals surface area (Å²) in [4.78, 5) is 9.45. The van der Waals surface area contributed by atoms with Gasteiger partial charge in [-0.3, -0.25) is 9.80 Å². The summed E-state index contributed by atoms with van der Waals surface area (Å²) >= 11 is 0. The van der Waals surface area contributed by atoms with Crippen molar-refractivity contribution in [1.29, 1.82) is 0 Å². The summed E-state index contributed by atoms with van der Waals surface area (Å²) in [6.45, 7) is 6.99. The summed E-state index contributed by atoms with van der Waals surface area (Å²) in [5.41, 5.74) is 0. The van der Waals surface area contributed by atoms with Gasteiger partial charge in [-0.25, -0.2) is 4.68 Å². The van der Waals surface area contributed by atoms with E-state index in [1.54, 1.807) is 0 Å². The fourth-order valence-electron chi connectivity index (χ4n) is 3.51. The third-order valence-corrected chi connectivity index (χ3v) is 5.53. The van der Waals surface area contributed by atoms with Crippen molar-refractivity contribution in [3.8, 4) is 0 Å². The van der Waals surface area contributed by atoms with E-state index in [1.165, 1.54) is 25.7 Å². The highest BCUT2D eigenvalue weighted by molar-refractivity contribution is 5.05. The number of piperazine rings is 1. The molecule has 5 rings (SSSR count). The Morgan fingerprint density at radius 1 is 1.12 bits per heavy atom. The molecule has 0 aromatic carbocycles. The van der Waals surface area contributed by atoms with Gasteiger partial charge >= 0.3 is 0 Å². The average Bonchev–Trinajstić information content (AvgIpc) is 3.57. The van der Waals surface area contributed by atoms with Crippen molar-refractivity contribution < 1.29 is 4.52 Å². The molecule has 2 aliphatic carbocycles. The molecule has 1 saturated heterocycles. The van der Waals surface area contributed by atoms with Crippen molar-refractivity contribution in [2.45, 2.75) is 57.2 Å². The lowest BCUT2D eigenvalue weighted by Crippen LogP contribution is -2.47. The summed E-state index contributed by atoms with van der Waals surface area (Å²) in [6, 6.07) is 0.712. The minimum absolute atomic E-state index is 0.180. The molecular weight excluding hydrogens is 320 g/mol. The molecule has 2 aromatic rings. The zero-order valence-corrected chi connectivity index (χ0v) is 14.6. The SMILES string of the molecule is CC(c1nc(C2CC2)no1)N1CCN(Cc2nnnn2C2CC2)CC1. The molecule has 3 heterocycles. The van der Waals surface area contributed by atoms with Crippen LogP contribution in [0, 0.1) is 0 Å². The number of rotatable bonds is 6. The Morgan fingerprint density at radius 3 is 2.64 bits per heavy atom. The van der Waals surface area contributed by atoms with Gasteiger partial charge in [0.15, 0.2) is 11.6 Å². The smallest absolute Gasteiger partial charge is 0.243 e. The third kappa shape index (κ3) is 3.18. The maximum atomic E-state index is 5.50. The lowest BCUT2D eigenvalue weighted by molar-refractivity contribution is 0.0823. The highest BCUT2D eigenvalue weighted by Gasteiger charge is 2.32. The topological polar surface area (TPSA) is 89.0 Å². The van der Waals surface area contributed by atoms with E-state index < -0.39 is 0 Å². The van der Waals surface area contributed by atoms with E-state index in [1.807, 2.05) is 4.68 Å². The first-order valence-electron chi connectivity index (χ1n) is 9.34. The van der Waals surface area contributed by atoms with Crippen molar-refractivity contribution >= 4 is 0 Å². The molecule has 9 nitrogen and oxygen atoms in total. The van der Waals surface area contributed by atoms with Crippen LogP contribution in [0.4, 0.5) is 0 Å². The first-order chi connectivity index (χ1) is 12.3.